The topological polar surface area (TPSA) is 169 Å². The van der Waals surface area contributed by atoms with E-state index in [0.29, 0.717) is 5.06 Å². The van der Waals surface area contributed by atoms with Crippen LogP contribution in [0.2, 0.25) is 0 Å². The highest BCUT2D eigenvalue weighted by molar-refractivity contribution is 6.02. The number of nitrogens with zero attached hydrogens (tertiary/aromatic N) is 1. The van der Waals surface area contributed by atoms with E-state index in [1.54, 1.807) is 45.0 Å². The van der Waals surface area contributed by atoms with Crippen LogP contribution in [-0.2, 0) is 40.1 Å². The van der Waals surface area contributed by atoms with Gasteiger partial charge in [0.25, 0.3) is 11.8 Å². The first-order chi connectivity index (χ1) is 16.4. The lowest BCUT2D eigenvalue weighted by atomic mass is 10.2. The van der Waals surface area contributed by atoms with Crippen LogP contribution >= 0.6 is 0 Å². The number of nitrogens with one attached hydrogen (secondary N) is 3. The summed E-state index contributed by atoms with van der Waals surface area (Å²) < 4.78 is 10.1. The minimum absolute atomic E-state index is 0.00988. The average molecular weight is 492 g/mol. The molecule has 1 aromatic rings. The first-order valence-electron chi connectivity index (χ1n) is 10.7. The molecule has 1 fully saturated rings. The van der Waals surface area contributed by atoms with Gasteiger partial charge in [0.2, 0.25) is 5.91 Å². The molecular formula is C22H28N4O9. The molecule has 190 valence electrons. The van der Waals surface area contributed by atoms with Crippen LogP contribution in [0.15, 0.2) is 30.3 Å². The Morgan fingerprint density at radius 3 is 2.20 bits per heavy atom. The molecule has 5 amide bonds. The number of rotatable bonds is 9. The van der Waals surface area contributed by atoms with Crippen molar-refractivity contribution >= 4 is 35.9 Å². The number of hydrogen-bond donors (Lipinski definition) is 3. The second-order valence-electron chi connectivity index (χ2n) is 8.41. The molecule has 0 spiro atoms. The van der Waals surface area contributed by atoms with Crippen LogP contribution < -0.4 is 16.0 Å². The first kappa shape index (κ1) is 27.1. The van der Waals surface area contributed by atoms with Crippen molar-refractivity contribution in [2.45, 2.75) is 51.9 Å². The third kappa shape index (κ3) is 9.70. The number of amides is 5. The van der Waals surface area contributed by atoms with Gasteiger partial charge >= 0.3 is 18.2 Å². The van der Waals surface area contributed by atoms with Crippen molar-refractivity contribution < 1.29 is 43.1 Å². The number of carbonyl (C=O) groups excluding carboxylic acids is 6. The SMILES string of the molecule is CC(C)(C)OC(=O)N[C@H](CNC(=O)CNC(=O)OCc1ccccc1)C(=O)ON1C(=O)CCC1=O. The minimum Gasteiger partial charge on any atom is -0.445 e. The Bertz CT molecular complexity index is 943. The zero-order valence-corrected chi connectivity index (χ0v) is 19.6. The molecule has 3 N–H and O–H groups in total. The van der Waals surface area contributed by atoms with Crippen molar-refractivity contribution in [3.05, 3.63) is 35.9 Å². The summed E-state index contributed by atoms with van der Waals surface area (Å²) in [7, 11) is 0. The summed E-state index contributed by atoms with van der Waals surface area (Å²) in [5, 5.41) is 7.13. The highest BCUT2D eigenvalue weighted by Crippen LogP contribution is 2.13. The molecule has 1 heterocycles. The Kier molecular flexibility index (Phi) is 9.55. The van der Waals surface area contributed by atoms with Crippen LogP contribution in [0, 0.1) is 0 Å². The molecule has 0 unspecified atom stereocenters. The lowest BCUT2D eigenvalue weighted by molar-refractivity contribution is -0.198. The molecule has 0 aliphatic carbocycles. The van der Waals surface area contributed by atoms with Crippen LogP contribution in [0.1, 0.15) is 39.2 Å². The van der Waals surface area contributed by atoms with Crippen molar-refractivity contribution in [2.24, 2.45) is 0 Å². The fourth-order valence-corrected chi connectivity index (χ4v) is 2.66. The fourth-order valence-electron chi connectivity index (χ4n) is 2.66. The van der Waals surface area contributed by atoms with Crippen LogP contribution in [0.3, 0.4) is 0 Å². The number of hydroxylamine groups is 2. The Hall–Kier alpha value is -4.16. The highest BCUT2D eigenvalue weighted by Gasteiger charge is 2.36. The normalized spacial score (nSPS) is 14.1. The molecule has 0 radical (unpaired) electrons. The average Bonchev–Trinajstić information content (AvgIpc) is 3.10. The standard InChI is InChI=1S/C22H28N4O9/c1-22(2,3)34-21(32)25-15(19(30)35-26-17(28)9-10-18(26)29)11-23-16(27)12-24-20(31)33-13-14-7-5-4-6-8-14/h4-8,15H,9-13H2,1-3H3,(H,23,27)(H,24,31)(H,25,32)/t15-/m1/s1. The van der Waals surface area contributed by atoms with Crippen LogP contribution in [-0.4, -0.2) is 65.7 Å². The van der Waals surface area contributed by atoms with Gasteiger partial charge in [0, 0.05) is 19.4 Å². The van der Waals surface area contributed by atoms with Gasteiger partial charge in [-0.3, -0.25) is 14.4 Å². The maximum Gasteiger partial charge on any atom is 0.408 e. The number of hydrogen-bond acceptors (Lipinski definition) is 9. The van der Waals surface area contributed by atoms with E-state index in [-0.39, 0.29) is 19.4 Å². The monoisotopic (exact) mass is 492 g/mol. The third-order valence-corrected chi connectivity index (χ3v) is 4.27. The summed E-state index contributed by atoms with van der Waals surface area (Å²) in [6.45, 7) is 3.86. The Labute approximate surface area is 201 Å². The highest BCUT2D eigenvalue weighted by atomic mass is 16.7. The fraction of sp³-hybridized carbons (Fsp3) is 0.455. The maximum absolute atomic E-state index is 12.5. The quantitative estimate of drug-likeness (QED) is 0.416. The molecule has 1 aromatic carbocycles. The van der Waals surface area contributed by atoms with E-state index in [1.807, 2.05) is 6.07 Å². The van der Waals surface area contributed by atoms with Gasteiger partial charge in [0.15, 0.2) is 0 Å². The summed E-state index contributed by atoms with van der Waals surface area (Å²) >= 11 is 0. The van der Waals surface area contributed by atoms with Gasteiger partial charge in [0.05, 0.1) is 6.54 Å². The lowest BCUT2D eigenvalue weighted by Gasteiger charge is -2.24. The summed E-state index contributed by atoms with van der Waals surface area (Å²) in [4.78, 5) is 76.7. The summed E-state index contributed by atoms with van der Waals surface area (Å²) in [6, 6.07) is 7.41. The van der Waals surface area contributed by atoms with Gasteiger partial charge in [-0.1, -0.05) is 30.3 Å². The van der Waals surface area contributed by atoms with E-state index in [2.05, 4.69) is 16.0 Å². The van der Waals surface area contributed by atoms with E-state index in [4.69, 9.17) is 14.3 Å². The van der Waals surface area contributed by atoms with Gasteiger partial charge in [-0.2, -0.15) is 0 Å². The summed E-state index contributed by atoms with van der Waals surface area (Å²) in [6.07, 6.45) is -2.05. The molecule has 0 saturated carbocycles. The first-order valence-corrected chi connectivity index (χ1v) is 10.7. The van der Waals surface area contributed by atoms with Gasteiger partial charge in [-0.15, -0.1) is 5.06 Å². The summed E-state index contributed by atoms with van der Waals surface area (Å²) in [5.74, 6) is -3.29. The third-order valence-electron chi connectivity index (χ3n) is 4.27. The largest absolute Gasteiger partial charge is 0.445 e. The molecule has 1 saturated heterocycles. The molecule has 13 nitrogen and oxygen atoms in total. The van der Waals surface area contributed by atoms with Crippen LogP contribution in [0.4, 0.5) is 9.59 Å². The number of ether oxygens (including phenoxy) is 2. The van der Waals surface area contributed by atoms with Crippen molar-refractivity contribution in [1.29, 1.82) is 0 Å². The van der Waals surface area contributed by atoms with Crippen molar-refractivity contribution in [1.82, 2.24) is 21.0 Å². The number of carbonyl (C=O) groups is 6. The molecule has 2 rings (SSSR count). The van der Waals surface area contributed by atoms with Crippen LogP contribution in [0.5, 0.6) is 0 Å². The van der Waals surface area contributed by atoms with Crippen molar-refractivity contribution in [3.8, 4) is 0 Å². The number of benzene rings is 1. The molecule has 1 aliphatic rings. The van der Waals surface area contributed by atoms with E-state index in [1.165, 1.54) is 0 Å². The predicted octanol–water partition coefficient (Wildman–Crippen LogP) is 0.530. The zero-order chi connectivity index (χ0) is 26.0. The van der Waals surface area contributed by atoms with E-state index in [0.717, 1.165) is 5.56 Å². The molecular weight excluding hydrogens is 464 g/mol. The van der Waals surface area contributed by atoms with Gasteiger partial charge in [-0.05, 0) is 26.3 Å². The van der Waals surface area contributed by atoms with Gasteiger partial charge < -0.3 is 30.3 Å². The minimum atomic E-state index is -1.50. The summed E-state index contributed by atoms with van der Waals surface area (Å²) in [5.41, 5.74) is -0.121. The smallest absolute Gasteiger partial charge is 0.408 e. The molecule has 1 atom stereocenters. The van der Waals surface area contributed by atoms with Crippen LogP contribution in [0.25, 0.3) is 0 Å². The lowest BCUT2D eigenvalue weighted by Crippen LogP contribution is -2.52. The molecule has 0 aromatic heterocycles. The Morgan fingerprint density at radius 2 is 1.60 bits per heavy atom. The van der Waals surface area contributed by atoms with E-state index < -0.39 is 60.6 Å². The number of alkyl carbamates (subject to hydrolysis) is 2. The second-order valence-corrected chi connectivity index (χ2v) is 8.41. The molecule has 0 bridgehead atoms. The Balaban J connectivity index is 1.87. The van der Waals surface area contributed by atoms with Crippen molar-refractivity contribution in [2.75, 3.05) is 13.1 Å². The maximum atomic E-state index is 12.5. The zero-order valence-electron chi connectivity index (χ0n) is 19.6. The van der Waals surface area contributed by atoms with E-state index >= 15 is 0 Å². The Morgan fingerprint density at radius 1 is 0.971 bits per heavy atom. The van der Waals surface area contributed by atoms with Gasteiger partial charge in [0.1, 0.15) is 18.2 Å². The second kappa shape index (κ2) is 12.3. The van der Waals surface area contributed by atoms with Gasteiger partial charge in [-0.25, -0.2) is 14.4 Å². The molecule has 1 aliphatic heterocycles. The molecule has 35 heavy (non-hydrogen) atoms. The molecule has 13 heteroatoms. The number of imide groups is 1. The predicted molar refractivity (Wildman–Crippen MR) is 118 cm³/mol. The van der Waals surface area contributed by atoms with E-state index in [9.17, 15) is 28.8 Å². The van der Waals surface area contributed by atoms with Crippen molar-refractivity contribution in [3.63, 3.8) is 0 Å².